The number of rotatable bonds is 1. The minimum atomic E-state index is 0.0480. The Labute approximate surface area is 75.9 Å². The third kappa shape index (κ3) is 1.99. The van der Waals surface area contributed by atoms with Gasteiger partial charge in [-0.1, -0.05) is 13.8 Å². The fourth-order valence-corrected chi connectivity index (χ4v) is 1.89. The van der Waals surface area contributed by atoms with Gasteiger partial charge in [0, 0.05) is 13.1 Å². The predicted octanol–water partition coefficient (Wildman–Crippen LogP) is 1.75. The minimum Gasteiger partial charge on any atom is -0.369 e. The molecular formula is C10H21NO. The second kappa shape index (κ2) is 3.35. The Hall–Kier alpha value is -0.0800. The highest BCUT2D eigenvalue weighted by molar-refractivity contribution is 4.87. The fraction of sp³-hybridized carbons (Fsp3) is 1.00. The zero-order valence-electron chi connectivity index (χ0n) is 8.92. The lowest BCUT2D eigenvalue weighted by Crippen LogP contribution is -2.54. The van der Waals surface area contributed by atoms with Crippen molar-refractivity contribution < 1.29 is 4.74 Å². The number of hydrogen-bond acceptors (Lipinski definition) is 2. The van der Waals surface area contributed by atoms with Crippen LogP contribution in [0.25, 0.3) is 0 Å². The molecule has 0 spiro atoms. The van der Waals surface area contributed by atoms with Crippen LogP contribution in [0.4, 0.5) is 0 Å². The highest BCUT2D eigenvalue weighted by Crippen LogP contribution is 2.27. The highest BCUT2D eigenvalue weighted by Gasteiger charge is 2.36. The molecule has 0 saturated carbocycles. The van der Waals surface area contributed by atoms with E-state index in [1.807, 2.05) is 0 Å². The van der Waals surface area contributed by atoms with E-state index >= 15 is 0 Å². The van der Waals surface area contributed by atoms with Gasteiger partial charge in [-0.3, -0.25) is 0 Å². The molecule has 2 atom stereocenters. The maximum Gasteiger partial charge on any atom is 0.0807 e. The van der Waals surface area contributed by atoms with Crippen molar-refractivity contribution in [2.24, 2.45) is 5.92 Å². The summed E-state index contributed by atoms with van der Waals surface area (Å²) in [6.07, 6.45) is 0.371. The van der Waals surface area contributed by atoms with Crippen molar-refractivity contribution in [2.75, 3.05) is 20.1 Å². The van der Waals surface area contributed by atoms with E-state index in [-0.39, 0.29) is 5.60 Å². The SMILES string of the molecule is CC(C)[C@@]1(C)CN(C)C[C@H](C)O1. The molecule has 1 fully saturated rings. The lowest BCUT2D eigenvalue weighted by atomic mass is 9.90. The van der Waals surface area contributed by atoms with E-state index in [0.29, 0.717) is 12.0 Å². The van der Waals surface area contributed by atoms with E-state index in [9.17, 15) is 0 Å². The first kappa shape index (κ1) is 10.0. The molecular weight excluding hydrogens is 150 g/mol. The molecule has 1 saturated heterocycles. The molecule has 12 heavy (non-hydrogen) atoms. The van der Waals surface area contributed by atoms with Gasteiger partial charge in [-0.15, -0.1) is 0 Å². The zero-order chi connectivity index (χ0) is 9.35. The van der Waals surface area contributed by atoms with Gasteiger partial charge >= 0.3 is 0 Å². The first-order chi connectivity index (χ1) is 5.44. The number of ether oxygens (including phenoxy) is 1. The Morgan fingerprint density at radius 2 is 2.08 bits per heavy atom. The summed E-state index contributed by atoms with van der Waals surface area (Å²) in [5.41, 5.74) is 0.0480. The van der Waals surface area contributed by atoms with E-state index < -0.39 is 0 Å². The third-order valence-electron chi connectivity index (χ3n) is 2.84. The summed E-state index contributed by atoms with van der Waals surface area (Å²) in [5.74, 6) is 0.586. The van der Waals surface area contributed by atoms with Crippen molar-refractivity contribution in [2.45, 2.75) is 39.4 Å². The topological polar surface area (TPSA) is 12.5 Å². The zero-order valence-corrected chi connectivity index (χ0v) is 8.92. The third-order valence-corrected chi connectivity index (χ3v) is 2.84. The van der Waals surface area contributed by atoms with E-state index in [2.05, 4.69) is 39.6 Å². The lowest BCUT2D eigenvalue weighted by Gasteiger charge is -2.44. The molecule has 0 amide bonds. The van der Waals surface area contributed by atoms with Crippen LogP contribution in [0.2, 0.25) is 0 Å². The molecule has 1 aliphatic heterocycles. The highest BCUT2D eigenvalue weighted by atomic mass is 16.5. The largest absolute Gasteiger partial charge is 0.369 e. The van der Waals surface area contributed by atoms with Crippen molar-refractivity contribution >= 4 is 0 Å². The van der Waals surface area contributed by atoms with E-state index in [1.54, 1.807) is 0 Å². The summed E-state index contributed by atoms with van der Waals surface area (Å²) >= 11 is 0. The van der Waals surface area contributed by atoms with Crippen LogP contribution in [0.3, 0.4) is 0 Å². The van der Waals surface area contributed by atoms with Gasteiger partial charge in [-0.2, -0.15) is 0 Å². The van der Waals surface area contributed by atoms with E-state index in [0.717, 1.165) is 13.1 Å². The second-order valence-electron chi connectivity index (χ2n) is 4.59. The van der Waals surface area contributed by atoms with Crippen LogP contribution in [0, 0.1) is 5.92 Å². The predicted molar refractivity (Wildman–Crippen MR) is 51.3 cm³/mol. The molecule has 0 unspecified atom stereocenters. The summed E-state index contributed by atoms with van der Waals surface area (Å²) in [6, 6.07) is 0. The smallest absolute Gasteiger partial charge is 0.0807 e. The Balaban J connectivity index is 2.65. The van der Waals surface area contributed by atoms with E-state index in [1.165, 1.54) is 0 Å². The molecule has 0 radical (unpaired) electrons. The normalized spacial score (nSPS) is 39.0. The van der Waals surface area contributed by atoms with Gasteiger partial charge in [0.15, 0.2) is 0 Å². The molecule has 1 aliphatic rings. The summed E-state index contributed by atoms with van der Waals surface area (Å²) in [6.45, 7) is 10.9. The van der Waals surface area contributed by atoms with Gasteiger partial charge in [0.2, 0.25) is 0 Å². The molecule has 0 bridgehead atoms. The molecule has 1 heterocycles. The molecule has 2 nitrogen and oxygen atoms in total. The van der Waals surface area contributed by atoms with Gasteiger partial charge in [0.1, 0.15) is 0 Å². The molecule has 2 heteroatoms. The van der Waals surface area contributed by atoms with Crippen molar-refractivity contribution in [1.29, 1.82) is 0 Å². The van der Waals surface area contributed by atoms with Crippen LogP contribution >= 0.6 is 0 Å². The molecule has 0 aromatic heterocycles. The first-order valence-corrected chi connectivity index (χ1v) is 4.80. The van der Waals surface area contributed by atoms with Gasteiger partial charge < -0.3 is 9.64 Å². The Bertz CT molecular complexity index is 146. The average Bonchev–Trinajstić information content (AvgIpc) is 1.82. The van der Waals surface area contributed by atoms with Crippen LogP contribution in [0.15, 0.2) is 0 Å². The second-order valence-corrected chi connectivity index (χ2v) is 4.59. The number of likely N-dealkylation sites (N-methyl/N-ethyl adjacent to an activating group) is 1. The van der Waals surface area contributed by atoms with Crippen LogP contribution in [0.5, 0.6) is 0 Å². The average molecular weight is 171 g/mol. The van der Waals surface area contributed by atoms with Crippen molar-refractivity contribution in [3.8, 4) is 0 Å². The maximum atomic E-state index is 5.96. The number of hydrogen-bond donors (Lipinski definition) is 0. The van der Waals surface area contributed by atoms with Crippen LogP contribution in [0.1, 0.15) is 27.7 Å². The van der Waals surface area contributed by atoms with E-state index in [4.69, 9.17) is 4.74 Å². The van der Waals surface area contributed by atoms with Crippen molar-refractivity contribution in [3.05, 3.63) is 0 Å². The quantitative estimate of drug-likeness (QED) is 0.596. The van der Waals surface area contributed by atoms with Crippen LogP contribution < -0.4 is 0 Å². The Morgan fingerprint density at radius 3 is 2.50 bits per heavy atom. The lowest BCUT2D eigenvalue weighted by molar-refractivity contribution is -0.155. The molecule has 0 aromatic carbocycles. The summed E-state index contributed by atoms with van der Waals surface area (Å²) < 4.78 is 5.96. The number of nitrogens with zero attached hydrogens (tertiary/aromatic N) is 1. The first-order valence-electron chi connectivity index (χ1n) is 4.80. The molecule has 0 aliphatic carbocycles. The standard InChI is InChI=1S/C10H21NO/c1-8(2)10(4)7-11(5)6-9(3)12-10/h8-9H,6-7H2,1-5H3/t9-,10+/m0/s1. The fourth-order valence-electron chi connectivity index (χ4n) is 1.89. The van der Waals surface area contributed by atoms with Gasteiger partial charge in [-0.25, -0.2) is 0 Å². The van der Waals surface area contributed by atoms with Crippen molar-refractivity contribution in [1.82, 2.24) is 4.90 Å². The van der Waals surface area contributed by atoms with Crippen LogP contribution in [-0.4, -0.2) is 36.7 Å². The van der Waals surface area contributed by atoms with Gasteiger partial charge in [-0.05, 0) is 26.8 Å². The maximum absolute atomic E-state index is 5.96. The molecule has 72 valence electrons. The monoisotopic (exact) mass is 171 g/mol. The van der Waals surface area contributed by atoms with Gasteiger partial charge in [0.25, 0.3) is 0 Å². The summed E-state index contributed by atoms with van der Waals surface area (Å²) in [7, 11) is 2.17. The Kier molecular flexibility index (Phi) is 2.79. The number of morpholine rings is 1. The Morgan fingerprint density at radius 1 is 1.50 bits per heavy atom. The molecule has 1 rings (SSSR count). The van der Waals surface area contributed by atoms with Gasteiger partial charge in [0.05, 0.1) is 11.7 Å². The summed E-state index contributed by atoms with van der Waals surface area (Å²) in [4.78, 5) is 2.36. The molecule has 0 aromatic rings. The van der Waals surface area contributed by atoms with Crippen LogP contribution in [-0.2, 0) is 4.74 Å². The minimum absolute atomic E-state index is 0.0480. The summed E-state index contributed by atoms with van der Waals surface area (Å²) in [5, 5.41) is 0. The van der Waals surface area contributed by atoms with Crippen molar-refractivity contribution in [3.63, 3.8) is 0 Å². The molecule has 0 N–H and O–H groups in total.